The molecule has 1 atom stereocenters. The van der Waals surface area contributed by atoms with Crippen molar-refractivity contribution in [1.29, 1.82) is 0 Å². The number of rotatable bonds is 4. The number of aliphatic hydroxyl groups is 1. The fourth-order valence-electron chi connectivity index (χ4n) is 2.51. The Morgan fingerprint density at radius 1 is 1.27 bits per heavy atom. The Morgan fingerprint density at radius 2 is 2.00 bits per heavy atom. The standard InChI is InChI=1S/C17H15NO3S/c1-2-10-5-7-11(8-6-10)14-13(16(20)17(21)18-14)15(19)12-4-3-9-22-12/h3-9,14,20H,2H2,1H3,(H,18,21)/t14-/m0/s1. The van der Waals surface area contributed by atoms with Crippen molar-refractivity contribution < 1.29 is 14.7 Å². The molecular formula is C17H15NO3S. The maximum absolute atomic E-state index is 12.6. The summed E-state index contributed by atoms with van der Waals surface area (Å²) in [5.41, 5.74) is 2.08. The number of carbonyl (C=O) groups is 2. The molecular weight excluding hydrogens is 298 g/mol. The Hall–Kier alpha value is -2.40. The van der Waals surface area contributed by atoms with Gasteiger partial charge in [-0.25, -0.2) is 0 Å². The topological polar surface area (TPSA) is 66.4 Å². The van der Waals surface area contributed by atoms with Gasteiger partial charge in [0.15, 0.2) is 5.76 Å². The smallest absolute Gasteiger partial charge is 0.287 e. The van der Waals surface area contributed by atoms with E-state index in [1.807, 2.05) is 24.3 Å². The van der Waals surface area contributed by atoms with Crippen LogP contribution >= 0.6 is 11.3 Å². The second kappa shape index (κ2) is 5.77. The highest BCUT2D eigenvalue weighted by Gasteiger charge is 2.37. The molecule has 0 radical (unpaired) electrons. The van der Waals surface area contributed by atoms with Crippen LogP contribution < -0.4 is 5.32 Å². The average molecular weight is 313 g/mol. The SMILES string of the molecule is CCc1ccc([C@@H]2NC(=O)C(O)=C2C(=O)c2cccs2)cc1. The molecule has 0 saturated carbocycles. The third kappa shape index (κ3) is 2.44. The van der Waals surface area contributed by atoms with Crippen molar-refractivity contribution in [1.82, 2.24) is 5.32 Å². The van der Waals surface area contributed by atoms with Crippen LogP contribution in [0.3, 0.4) is 0 Å². The molecule has 4 nitrogen and oxygen atoms in total. The summed E-state index contributed by atoms with van der Waals surface area (Å²) in [5.74, 6) is -1.40. The van der Waals surface area contributed by atoms with Gasteiger partial charge in [0, 0.05) is 0 Å². The Balaban J connectivity index is 2.00. The number of Topliss-reactive ketones (excluding diaryl/α,β-unsaturated/α-hetero) is 1. The fourth-order valence-corrected chi connectivity index (χ4v) is 3.18. The van der Waals surface area contributed by atoms with Crippen LogP contribution in [0.1, 0.15) is 33.8 Å². The van der Waals surface area contributed by atoms with Gasteiger partial charge in [0.1, 0.15) is 0 Å². The van der Waals surface area contributed by atoms with E-state index in [0.717, 1.165) is 12.0 Å². The molecule has 1 aliphatic heterocycles. The zero-order valence-corrected chi connectivity index (χ0v) is 12.8. The minimum Gasteiger partial charge on any atom is -0.503 e. The van der Waals surface area contributed by atoms with Crippen LogP contribution in [0.5, 0.6) is 0 Å². The van der Waals surface area contributed by atoms with Crippen molar-refractivity contribution in [2.24, 2.45) is 0 Å². The number of nitrogens with one attached hydrogen (secondary N) is 1. The molecule has 3 rings (SSSR count). The van der Waals surface area contributed by atoms with E-state index in [-0.39, 0.29) is 11.4 Å². The number of amides is 1. The molecule has 1 aliphatic rings. The molecule has 112 valence electrons. The lowest BCUT2D eigenvalue weighted by Gasteiger charge is -2.14. The third-order valence-corrected chi connectivity index (χ3v) is 4.61. The Kier molecular flexibility index (Phi) is 3.81. The molecule has 2 aromatic rings. The maximum atomic E-state index is 12.6. The monoisotopic (exact) mass is 313 g/mol. The first-order valence-corrected chi connectivity index (χ1v) is 7.90. The zero-order valence-electron chi connectivity index (χ0n) is 12.0. The quantitative estimate of drug-likeness (QED) is 0.852. The van der Waals surface area contributed by atoms with E-state index in [4.69, 9.17) is 0 Å². The van der Waals surface area contributed by atoms with Gasteiger partial charge in [-0.15, -0.1) is 11.3 Å². The van der Waals surface area contributed by atoms with Gasteiger partial charge >= 0.3 is 0 Å². The molecule has 0 spiro atoms. The summed E-state index contributed by atoms with van der Waals surface area (Å²) in [6, 6.07) is 10.5. The Morgan fingerprint density at radius 3 is 2.59 bits per heavy atom. The van der Waals surface area contributed by atoms with E-state index >= 15 is 0 Å². The van der Waals surface area contributed by atoms with Crippen LogP contribution in [0.25, 0.3) is 0 Å². The predicted octanol–water partition coefficient (Wildman–Crippen LogP) is 3.18. The van der Waals surface area contributed by atoms with Crippen LogP contribution in [0.4, 0.5) is 0 Å². The lowest BCUT2D eigenvalue weighted by atomic mass is 9.95. The summed E-state index contributed by atoms with van der Waals surface area (Å²) >= 11 is 1.29. The van der Waals surface area contributed by atoms with Crippen LogP contribution in [0.2, 0.25) is 0 Å². The first-order valence-electron chi connectivity index (χ1n) is 7.03. The number of carbonyl (C=O) groups excluding carboxylic acids is 2. The first-order chi connectivity index (χ1) is 10.6. The number of ketones is 1. The highest BCUT2D eigenvalue weighted by atomic mass is 32.1. The summed E-state index contributed by atoms with van der Waals surface area (Å²) in [6.07, 6.45) is 0.916. The third-order valence-electron chi connectivity index (χ3n) is 3.75. The van der Waals surface area contributed by atoms with Crippen molar-refractivity contribution in [3.63, 3.8) is 0 Å². The fraction of sp³-hybridized carbons (Fsp3) is 0.176. The van der Waals surface area contributed by atoms with Gasteiger partial charge < -0.3 is 10.4 Å². The van der Waals surface area contributed by atoms with Gasteiger partial charge in [0.05, 0.1) is 16.5 Å². The maximum Gasteiger partial charge on any atom is 0.287 e. The van der Waals surface area contributed by atoms with Crippen molar-refractivity contribution in [3.05, 3.63) is 69.1 Å². The molecule has 0 bridgehead atoms. The van der Waals surface area contributed by atoms with Gasteiger partial charge in [-0.3, -0.25) is 9.59 Å². The minimum atomic E-state index is -0.607. The van der Waals surface area contributed by atoms with Crippen molar-refractivity contribution >= 4 is 23.0 Å². The van der Waals surface area contributed by atoms with Gasteiger partial charge in [-0.1, -0.05) is 37.3 Å². The summed E-state index contributed by atoms with van der Waals surface area (Å²) < 4.78 is 0. The molecule has 22 heavy (non-hydrogen) atoms. The Labute approximate surface area is 132 Å². The zero-order chi connectivity index (χ0) is 15.7. The second-order valence-electron chi connectivity index (χ2n) is 5.07. The largest absolute Gasteiger partial charge is 0.503 e. The van der Waals surface area contributed by atoms with E-state index < -0.39 is 17.7 Å². The van der Waals surface area contributed by atoms with Gasteiger partial charge in [-0.05, 0) is 29.0 Å². The van der Waals surface area contributed by atoms with Crippen LogP contribution in [-0.2, 0) is 11.2 Å². The number of thiophene rings is 1. The van der Waals surface area contributed by atoms with E-state index in [9.17, 15) is 14.7 Å². The van der Waals surface area contributed by atoms with E-state index in [2.05, 4.69) is 12.2 Å². The summed E-state index contributed by atoms with van der Waals surface area (Å²) in [6.45, 7) is 2.06. The molecule has 2 heterocycles. The van der Waals surface area contributed by atoms with Crippen molar-refractivity contribution in [3.8, 4) is 0 Å². The summed E-state index contributed by atoms with van der Waals surface area (Å²) in [4.78, 5) is 24.9. The van der Waals surface area contributed by atoms with Crippen LogP contribution in [0.15, 0.2) is 53.1 Å². The molecule has 0 aliphatic carbocycles. The molecule has 0 unspecified atom stereocenters. The van der Waals surface area contributed by atoms with E-state index in [1.54, 1.807) is 17.5 Å². The van der Waals surface area contributed by atoms with Crippen LogP contribution in [-0.4, -0.2) is 16.8 Å². The van der Waals surface area contributed by atoms with Gasteiger partial charge in [0.2, 0.25) is 5.78 Å². The van der Waals surface area contributed by atoms with Gasteiger partial charge in [0.25, 0.3) is 5.91 Å². The average Bonchev–Trinajstić information content (AvgIpc) is 3.16. The first kappa shape index (κ1) is 14.5. The number of aryl methyl sites for hydroxylation is 1. The lowest BCUT2D eigenvalue weighted by molar-refractivity contribution is -0.119. The second-order valence-corrected chi connectivity index (χ2v) is 6.02. The van der Waals surface area contributed by atoms with Crippen molar-refractivity contribution in [2.45, 2.75) is 19.4 Å². The number of hydrogen-bond donors (Lipinski definition) is 2. The highest BCUT2D eigenvalue weighted by molar-refractivity contribution is 7.12. The van der Waals surface area contributed by atoms with Crippen molar-refractivity contribution in [2.75, 3.05) is 0 Å². The van der Waals surface area contributed by atoms with Crippen LogP contribution in [0, 0.1) is 0 Å². The number of benzene rings is 1. The highest BCUT2D eigenvalue weighted by Crippen LogP contribution is 2.32. The molecule has 1 aromatic heterocycles. The molecule has 5 heteroatoms. The number of aliphatic hydroxyl groups excluding tert-OH is 1. The van der Waals surface area contributed by atoms with Gasteiger partial charge in [-0.2, -0.15) is 0 Å². The summed E-state index contributed by atoms with van der Waals surface area (Å²) in [5, 5.41) is 14.5. The molecule has 1 aromatic carbocycles. The number of hydrogen-bond acceptors (Lipinski definition) is 4. The lowest BCUT2D eigenvalue weighted by Crippen LogP contribution is -2.23. The Bertz CT molecular complexity index is 745. The van der Waals surface area contributed by atoms with E-state index in [0.29, 0.717) is 4.88 Å². The molecule has 0 fully saturated rings. The van der Waals surface area contributed by atoms with E-state index in [1.165, 1.54) is 16.9 Å². The summed E-state index contributed by atoms with van der Waals surface area (Å²) in [7, 11) is 0. The normalized spacial score (nSPS) is 17.7. The molecule has 1 amide bonds. The molecule has 2 N–H and O–H groups in total. The predicted molar refractivity (Wildman–Crippen MR) is 85.0 cm³/mol. The molecule has 0 saturated heterocycles. The minimum absolute atomic E-state index is 0.122.